The fourth-order valence-electron chi connectivity index (χ4n) is 3.03. The maximum atomic E-state index is 13.4. The van der Waals surface area contributed by atoms with E-state index in [0.717, 1.165) is 16.8 Å². The molecule has 32 heavy (non-hydrogen) atoms. The summed E-state index contributed by atoms with van der Waals surface area (Å²) in [4.78, 5) is 23.6. The van der Waals surface area contributed by atoms with Crippen LogP contribution in [-0.2, 0) is 17.5 Å². The second-order valence-corrected chi connectivity index (χ2v) is 7.11. The number of hydrogen-bond donors (Lipinski definition) is 3. The summed E-state index contributed by atoms with van der Waals surface area (Å²) in [6.07, 6.45) is -1.45. The van der Waals surface area contributed by atoms with E-state index in [1.165, 1.54) is 0 Å². The van der Waals surface area contributed by atoms with E-state index in [-0.39, 0.29) is 12.4 Å². The van der Waals surface area contributed by atoms with E-state index in [1.807, 2.05) is 42.5 Å². The predicted octanol–water partition coefficient (Wildman–Crippen LogP) is 4.24. The quantitative estimate of drug-likeness (QED) is 0.456. The van der Waals surface area contributed by atoms with Crippen LogP contribution in [0.4, 0.5) is 24.9 Å². The number of rotatable bonds is 9. The smallest absolute Gasteiger partial charge is 0.368 e. The molecule has 0 saturated heterocycles. The van der Waals surface area contributed by atoms with Gasteiger partial charge in [-0.1, -0.05) is 43.7 Å². The van der Waals surface area contributed by atoms with Gasteiger partial charge in [-0.05, 0) is 24.1 Å². The molecule has 0 fully saturated rings. The number of carbonyl (C=O) groups excluding carboxylic acids is 1. The van der Waals surface area contributed by atoms with Gasteiger partial charge in [-0.15, -0.1) is 0 Å². The number of carbonyl (C=O) groups is 1. The Hall–Kier alpha value is -3.69. The number of pyridine rings is 1. The van der Waals surface area contributed by atoms with Crippen molar-refractivity contribution in [2.75, 3.05) is 10.6 Å². The molecule has 3 aromatic rings. The van der Waals surface area contributed by atoms with Gasteiger partial charge in [0.2, 0.25) is 11.9 Å². The number of amides is 1. The van der Waals surface area contributed by atoms with Gasteiger partial charge in [0.05, 0.1) is 5.69 Å². The second kappa shape index (κ2) is 10.1. The molecule has 0 aliphatic heterocycles. The van der Waals surface area contributed by atoms with Crippen molar-refractivity contribution in [3.8, 4) is 11.3 Å². The molecular formula is C22H23F3N6O. The summed E-state index contributed by atoms with van der Waals surface area (Å²) < 4.78 is 40.2. The summed E-state index contributed by atoms with van der Waals surface area (Å²) >= 11 is 0. The van der Waals surface area contributed by atoms with Gasteiger partial charge in [0.15, 0.2) is 0 Å². The third kappa shape index (κ3) is 5.93. The van der Waals surface area contributed by atoms with Crippen LogP contribution in [0, 0.1) is 0 Å². The van der Waals surface area contributed by atoms with Crippen LogP contribution in [0.15, 0.2) is 54.9 Å². The van der Waals surface area contributed by atoms with Gasteiger partial charge in [0.25, 0.3) is 0 Å². The summed E-state index contributed by atoms with van der Waals surface area (Å²) in [6, 6.07) is 12.2. The summed E-state index contributed by atoms with van der Waals surface area (Å²) in [5, 5.41) is 5.44. The largest absolute Gasteiger partial charge is 0.421 e. The molecule has 0 aliphatic carbocycles. The summed E-state index contributed by atoms with van der Waals surface area (Å²) in [6.45, 7) is 2.09. The Kier molecular flexibility index (Phi) is 7.24. The molecule has 7 nitrogen and oxygen atoms in total. The summed E-state index contributed by atoms with van der Waals surface area (Å²) in [7, 11) is 0. The van der Waals surface area contributed by atoms with E-state index >= 15 is 0 Å². The first-order valence-electron chi connectivity index (χ1n) is 10.0. The Morgan fingerprint density at radius 3 is 2.47 bits per heavy atom. The molecule has 168 valence electrons. The fourth-order valence-corrected chi connectivity index (χ4v) is 3.03. The molecular weight excluding hydrogens is 421 g/mol. The van der Waals surface area contributed by atoms with Crippen LogP contribution in [0.1, 0.15) is 30.9 Å². The molecule has 1 atom stereocenters. The zero-order chi connectivity index (χ0) is 23.1. The molecule has 2 aromatic heterocycles. The lowest BCUT2D eigenvalue weighted by molar-refractivity contribution is -0.137. The number of nitrogens with zero attached hydrogens (tertiary/aromatic N) is 3. The van der Waals surface area contributed by atoms with Crippen LogP contribution in [-0.4, -0.2) is 26.9 Å². The molecule has 10 heteroatoms. The highest BCUT2D eigenvalue weighted by atomic mass is 19.4. The lowest BCUT2D eigenvalue weighted by Crippen LogP contribution is -2.36. The Labute approximate surface area is 183 Å². The Bertz CT molecular complexity index is 1040. The van der Waals surface area contributed by atoms with Crippen molar-refractivity contribution in [3.05, 3.63) is 66.0 Å². The minimum Gasteiger partial charge on any atom is -0.368 e. The molecule has 1 amide bonds. The maximum absolute atomic E-state index is 13.4. The fraction of sp³-hybridized carbons (Fsp3) is 0.273. The van der Waals surface area contributed by atoms with E-state index in [4.69, 9.17) is 5.73 Å². The highest BCUT2D eigenvalue weighted by Crippen LogP contribution is 2.34. The third-order valence-corrected chi connectivity index (χ3v) is 4.69. The molecule has 3 rings (SSSR count). The summed E-state index contributed by atoms with van der Waals surface area (Å²) in [5.74, 6) is -1.24. The first-order valence-corrected chi connectivity index (χ1v) is 10.0. The van der Waals surface area contributed by atoms with Crippen molar-refractivity contribution >= 4 is 17.7 Å². The number of primary amides is 1. The number of anilines is 2. The van der Waals surface area contributed by atoms with Gasteiger partial charge in [0.1, 0.15) is 17.4 Å². The average molecular weight is 444 g/mol. The van der Waals surface area contributed by atoms with Crippen molar-refractivity contribution in [2.45, 2.75) is 38.5 Å². The molecule has 0 saturated carbocycles. The maximum Gasteiger partial charge on any atom is 0.421 e. The van der Waals surface area contributed by atoms with Crippen molar-refractivity contribution in [1.82, 2.24) is 15.0 Å². The standard InChI is InChI=1S/C22H23F3N6O/c1-2-5-18(19(26)32)30-20-16(22(23,24)25)13-29-21(31-20)28-12-14-7-9-15(10-8-14)17-6-3-4-11-27-17/h3-4,6-11,13,18H,2,5,12H2,1H3,(H2,26,32)(H2,28,29,30,31)/t18-/m1/s1. The van der Waals surface area contributed by atoms with Gasteiger partial charge in [-0.25, -0.2) is 4.98 Å². The SMILES string of the molecule is CCC[C@@H](Nc1nc(NCc2ccc(-c3ccccn3)cc2)ncc1C(F)(F)F)C(N)=O. The molecule has 4 N–H and O–H groups in total. The number of nitrogens with two attached hydrogens (primary N) is 1. The first kappa shape index (κ1) is 23.0. The van der Waals surface area contributed by atoms with Crippen molar-refractivity contribution < 1.29 is 18.0 Å². The molecule has 0 aliphatic rings. The Balaban J connectivity index is 1.76. The molecule has 0 radical (unpaired) electrons. The zero-order valence-corrected chi connectivity index (χ0v) is 17.4. The van der Waals surface area contributed by atoms with E-state index in [9.17, 15) is 18.0 Å². The van der Waals surface area contributed by atoms with E-state index < -0.39 is 29.5 Å². The molecule has 0 spiro atoms. The van der Waals surface area contributed by atoms with E-state index in [1.54, 1.807) is 13.1 Å². The Morgan fingerprint density at radius 2 is 1.88 bits per heavy atom. The van der Waals surface area contributed by atoms with Gasteiger partial charge in [-0.3, -0.25) is 9.78 Å². The summed E-state index contributed by atoms with van der Waals surface area (Å²) in [5.41, 5.74) is 6.91. The van der Waals surface area contributed by atoms with Crippen molar-refractivity contribution in [2.24, 2.45) is 5.73 Å². The number of aromatic nitrogens is 3. The minimum atomic E-state index is -4.68. The highest BCUT2D eigenvalue weighted by molar-refractivity contribution is 5.82. The minimum absolute atomic E-state index is 0.00554. The van der Waals surface area contributed by atoms with E-state index in [0.29, 0.717) is 19.2 Å². The number of halogens is 3. The number of hydrogen-bond acceptors (Lipinski definition) is 6. The van der Waals surface area contributed by atoms with E-state index in [2.05, 4.69) is 25.6 Å². The predicted molar refractivity (Wildman–Crippen MR) is 116 cm³/mol. The topological polar surface area (TPSA) is 106 Å². The van der Waals surface area contributed by atoms with Gasteiger partial charge >= 0.3 is 6.18 Å². The molecule has 1 aromatic carbocycles. The van der Waals surface area contributed by atoms with Crippen LogP contribution in [0.5, 0.6) is 0 Å². The monoisotopic (exact) mass is 444 g/mol. The van der Waals surface area contributed by atoms with Gasteiger partial charge in [-0.2, -0.15) is 18.2 Å². The first-order chi connectivity index (χ1) is 15.3. The normalized spacial score (nSPS) is 12.2. The van der Waals surface area contributed by atoms with Crippen LogP contribution >= 0.6 is 0 Å². The number of benzene rings is 1. The van der Waals surface area contributed by atoms with Gasteiger partial charge < -0.3 is 16.4 Å². The molecule has 2 heterocycles. The lowest BCUT2D eigenvalue weighted by atomic mass is 10.1. The number of nitrogens with one attached hydrogen (secondary N) is 2. The van der Waals surface area contributed by atoms with Gasteiger partial charge in [0, 0.05) is 24.5 Å². The number of alkyl halides is 3. The van der Waals surface area contributed by atoms with Crippen LogP contribution in [0.3, 0.4) is 0 Å². The second-order valence-electron chi connectivity index (χ2n) is 7.11. The van der Waals surface area contributed by atoms with Crippen LogP contribution in [0.2, 0.25) is 0 Å². The third-order valence-electron chi connectivity index (χ3n) is 4.69. The highest BCUT2D eigenvalue weighted by Gasteiger charge is 2.36. The lowest BCUT2D eigenvalue weighted by Gasteiger charge is -2.19. The molecule has 0 unspecified atom stereocenters. The van der Waals surface area contributed by atoms with Crippen molar-refractivity contribution in [3.63, 3.8) is 0 Å². The zero-order valence-electron chi connectivity index (χ0n) is 17.4. The van der Waals surface area contributed by atoms with Crippen LogP contribution in [0.25, 0.3) is 11.3 Å². The average Bonchev–Trinajstić information content (AvgIpc) is 2.77. The Morgan fingerprint density at radius 1 is 1.12 bits per heavy atom. The van der Waals surface area contributed by atoms with Crippen LogP contribution < -0.4 is 16.4 Å². The molecule has 0 bridgehead atoms. The van der Waals surface area contributed by atoms with Crippen molar-refractivity contribution in [1.29, 1.82) is 0 Å².